The molecule has 0 aliphatic heterocycles. The lowest BCUT2D eigenvalue weighted by molar-refractivity contribution is -0.175. The van der Waals surface area contributed by atoms with Gasteiger partial charge in [-0.05, 0) is 54.3 Å². The number of nitrogens with one attached hydrogen (secondary N) is 1. The summed E-state index contributed by atoms with van der Waals surface area (Å²) in [5, 5.41) is 4.59. The van der Waals surface area contributed by atoms with Gasteiger partial charge in [-0.15, -0.1) is 4.91 Å². The van der Waals surface area contributed by atoms with Crippen molar-refractivity contribution in [2.24, 2.45) is 11.1 Å². The predicted octanol–water partition coefficient (Wildman–Crippen LogP) is 4.56. The van der Waals surface area contributed by atoms with E-state index in [0.29, 0.717) is 5.56 Å². The zero-order valence-electron chi connectivity index (χ0n) is 21.6. The maximum absolute atomic E-state index is 13.6. The molecule has 0 bridgehead atoms. The van der Waals surface area contributed by atoms with Crippen molar-refractivity contribution in [1.29, 1.82) is 0 Å². The Hall–Kier alpha value is -3.52. The fraction of sp³-hybridized carbons (Fsp3) is 0.440. The van der Waals surface area contributed by atoms with Crippen LogP contribution in [-0.2, 0) is 30.7 Å². The van der Waals surface area contributed by atoms with E-state index in [9.17, 15) is 36.1 Å². The molecule has 2 atom stereocenters. The number of hydrogen-bond acceptors (Lipinski definition) is 8. The van der Waals surface area contributed by atoms with Crippen molar-refractivity contribution in [3.63, 3.8) is 0 Å². The number of carbonyl (C=O) groups excluding carboxylic acids is 2. The molecule has 0 aliphatic rings. The highest BCUT2D eigenvalue weighted by molar-refractivity contribution is 7.89. The standard InChI is InChI=1S/C25H30F3N3O7S/c1-4-37-24(33)38-22(21(29-23(32)25(26,27)28)14-18-8-6-5-7-9-18)16-31(15-17(2)3)39(35,36)20-12-10-19(30-34)11-13-20/h5-13,17,21-22H,4,14-16H2,1-3H3,(H,29,32). The van der Waals surface area contributed by atoms with Crippen molar-refractivity contribution in [2.75, 3.05) is 19.7 Å². The molecule has 0 aliphatic carbocycles. The molecule has 0 saturated carbocycles. The highest BCUT2D eigenvalue weighted by atomic mass is 32.2. The van der Waals surface area contributed by atoms with Crippen LogP contribution < -0.4 is 5.32 Å². The quantitative estimate of drug-likeness (QED) is 0.274. The number of carbonyl (C=O) groups is 2. The summed E-state index contributed by atoms with van der Waals surface area (Å²) < 4.78 is 77.8. The van der Waals surface area contributed by atoms with Gasteiger partial charge in [0, 0.05) is 6.54 Å². The molecule has 10 nitrogen and oxygen atoms in total. The molecule has 14 heteroatoms. The lowest BCUT2D eigenvalue weighted by atomic mass is 10.0. The average Bonchev–Trinajstić information content (AvgIpc) is 2.87. The number of nitroso groups, excluding NO2 is 1. The van der Waals surface area contributed by atoms with Crippen molar-refractivity contribution in [3.05, 3.63) is 65.1 Å². The molecule has 0 spiro atoms. The van der Waals surface area contributed by atoms with E-state index in [1.165, 1.54) is 19.1 Å². The normalized spacial score (nSPS) is 13.5. The van der Waals surface area contributed by atoms with Crippen LogP contribution in [0.5, 0.6) is 0 Å². The molecular weight excluding hydrogens is 543 g/mol. The smallest absolute Gasteiger partial charge is 0.435 e. The van der Waals surface area contributed by atoms with Crippen LogP contribution >= 0.6 is 0 Å². The van der Waals surface area contributed by atoms with Crippen LogP contribution in [0, 0.1) is 10.8 Å². The first kappa shape index (κ1) is 31.7. The number of rotatable bonds is 13. The van der Waals surface area contributed by atoms with Crippen LogP contribution in [-0.4, -0.2) is 62.8 Å². The molecule has 0 saturated heterocycles. The number of alkyl halides is 3. The molecule has 214 valence electrons. The van der Waals surface area contributed by atoms with Crippen molar-refractivity contribution >= 4 is 27.8 Å². The van der Waals surface area contributed by atoms with E-state index in [0.717, 1.165) is 16.4 Å². The highest BCUT2D eigenvalue weighted by Gasteiger charge is 2.42. The highest BCUT2D eigenvalue weighted by Crippen LogP contribution is 2.23. The summed E-state index contributed by atoms with van der Waals surface area (Å²) in [6, 6.07) is 11.4. The summed E-state index contributed by atoms with van der Waals surface area (Å²) in [5.41, 5.74) is 0.489. The lowest BCUT2D eigenvalue weighted by Gasteiger charge is -2.33. The molecule has 1 N–H and O–H groups in total. The van der Waals surface area contributed by atoms with Gasteiger partial charge in [0.25, 0.3) is 0 Å². The third kappa shape index (κ3) is 9.62. The van der Waals surface area contributed by atoms with Gasteiger partial charge in [-0.2, -0.15) is 17.5 Å². The van der Waals surface area contributed by atoms with E-state index in [1.54, 1.807) is 44.2 Å². The molecule has 0 fully saturated rings. The van der Waals surface area contributed by atoms with E-state index in [2.05, 4.69) is 5.18 Å². The predicted molar refractivity (Wildman–Crippen MR) is 136 cm³/mol. The number of hydrogen-bond donors (Lipinski definition) is 1. The van der Waals surface area contributed by atoms with Crippen LogP contribution in [0.25, 0.3) is 0 Å². The second-order valence-corrected chi connectivity index (χ2v) is 10.8. The topological polar surface area (TPSA) is 131 Å². The Labute approximate surface area is 224 Å². The first-order valence-corrected chi connectivity index (χ1v) is 13.4. The fourth-order valence-corrected chi connectivity index (χ4v) is 5.24. The van der Waals surface area contributed by atoms with E-state index in [4.69, 9.17) is 9.47 Å². The largest absolute Gasteiger partial charge is 0.508 e. The number of sulfonamides is 1. The molecule has 0 heterocycles. The Bertz CT molecular complexity index is 1210. The number of nitrogens with zero attached hydrogens (tertiary/aromatic N) is 2. The van der Waals surface area contributed by atoms with Crippen LogP contribution in [0.2, 0.25) is 0 Å². The second-order valence-electron chi connectivity index (χ2n) is 8.91. The van der Waals surface area contributed by atoms with Gasteiger partial charge in [0.05, 0.1) is 24.1 Å². The van der Waals surface area contributed by atoms with Crippen molar-refractivity contribution in [2.45, 2.75) is 50.4 Å². The fourth-order valence-electron chi connectivity index (χ4n) is 3.62. The average molecular weight is 574 g/mol. The van der Waals surface area contributed by atoms with Crippen LogP contribution in [0.4, 0.5) is 23.7 Å². The Kier molecular flexibility index (Phi) is 11.4. The molecule has 2 aromatic rings. The summed E-state index contributed by atoms with van der Waals surface area (Å²) in [6.45, 7) is 4.09. The monoisotopic (exact) mass is 573 g/mol. The van der Waals surface area contributed by atoms with Crippen LogP contribution in [0.3, 0.4) is 0 Å². The molecule has 0 radical (unpaired) electrons. The van der Waals surface area contributed by atoms with Crippen LogP contribution in [0.15, 0.2) is 64.7 Å². The van der Waals surface area contributed by atoms with Gasteiger partial charge in [-0.25, -0.2) is 13.2 Å². The number of ether oxygens (including phenoxy) is 2. The van der Waals surface area contributed by atoms with E-state index >= 15 is 0 Å². The van der Waals surface area contributed by atoms with Gasteiger partial charge in [-0.1, -0.05) is 44.2 Å². The van der Waals surface area contributed by atoms with Gasteiger partial charge in [0.15, 0.2) is 0 Å². The zero-order valence-corrected chi connectivity index (χ0v) is 22.4. The van der Waals surface area contributed by atoms with Gasteiger partial charge < -0.3 is 14.8 Å². The Morgan fingerprint density at radius 1 is 1.03 bits per heavy atom. The van der Waals surface area contributed by atoms with Crippen LogP contribution in [0.1, 0.15) is 26.3 Å². The van der Waals surface area contributed by atoms with E-state index < -0.39 is 47.0 Å². The number of halogens is 3. The summed E-state index contributed by atoms with van der Waals surface area (Å²) in [7, 11) is -4.30. The summed E-state index contributed by atoms with van der Waals surface area (Å²) in [5.74, 6) is -2.53. The lowest BCUT2D eigenvalue weighted by Crippen LogP contribution is -2.55. The van der Waals surface area contributed by atoms with Gasteiger partial charge in [-0.3, -0.25) is 4.79 Å². The Balaban J connectivity index is 2.55. The van der Waals surface area contributed by atoms with Gasteiger partial charge in [0.2, 0.25) is 10.0 Å². The molecule has 0 aromatic heterocycles. The van der Waals surface area contributed by atoms with Crippen molar-refractivity contribution < 1.29 is 40.7 Å². The summed E-state index contributed by atoms with van der Waals surface area (Å²) >= 11 is 0. The SMILES string of the molecule is CCOC(=O)OC(CN(CC(C)C)S(=O)(=O)c1ccc(N=O)cc1)C(Cc1ccccc1)NC(=O)C(F)(F)F. The first-order valence-electron chi connectivity index (χ1n) is 12.0. The summed E-state index contributed by atoms with van der Waals surface area (Å²) in [4.78, 5) is 34.8. The Morgan fingerprint density at radius 2 is 1.64 bits per heavy atom. The number of amides is 1. The molecular formula is C25H30F3N3O7S. The zero-order chi connectivity index (χ0) is 29.2. The van der Waals surface area contributed by atoms with Gasteiger partial charge >= 0.3 is 18.2 Å². The van der Waals surface area contributed by atoms with Gasteiger partial charge in [0.1, 0.15) is 11.8 Å². The Morgan fingerprint density at radius 3 is 2.15 bits per heavy atom. The minimum absolute atomic E-state index is 0.00864. The third-order valence-corrected chi connectivity index (χ3v) is 7.21. The molecule has 2 aromatic carbocycles. The minimum Gasteiger partial charge on any atom is -0.435 e. The maximum atomic E-state index is 13.6. The molecule has 1 amide bonds. The van der Waals surface area contributed by atoms with E-state index in [-0.39, 0.29) is 36.1 Å². The number of benzene rings is 2. The first-order chi connectivity index (χ1) is 18.3. The third-order valence-electron chi connectivity index (χ3n) is 5.36. The summed E-state index contributed by atoms with van der Waals surface area (Å²) in [6.07, 6.45) is -8.30. The maximum Gasteiger partial charge on any atom is 0.508 e. The second kappa shape index (κ2) is 14.0. The molecule has 2 rings (SSSR count). The molecule has 39 heavy (non-hydrogen) atoms. The van der Waals surface area contributed by atoms with Crippen molar-refractivity contribution in [3.8, 4) is 0 Å². The van der Waals surface area contributed by atoms with Crippen molar-refractivity contribution in [1.82, 2.24) is 9.62 Å². The van der Waals surface area contributed by atoms with E-state index in [1.807, 2.05) is 5.32 Å². The minimum atomic E-state index is -5.25. The molecule has 2 unspecified atom stereocenters.